The normalized spacial score (nSPS) is 16.6. The van der Waals surface area contributed by atoms with Gasteiger partial charge in [-0.3, -0.25) is 4.79 Å². The zero-order valence-electron chi connectivity index (χ0n) is 11.4. The third kappa shape index (κ3) is 1.99. The second-order valence-corrected chi connectivity index (χ2v) is 5.47. The highest BCUT2D eigenvalue weighted by atomic mass is 16.4. The number of nitrogens with zero attached hydrogens (tertiary/aromatic N) is 2. The van der Waals surface area contributed by atoms with Gasteiger partial charge in [0.1, 0.15) is 0 Å². The summed E-state index contributed by atoms with van der Waals surface area (Å²) in [5.41, 5.74) is 0.246. The summed E-state index contributed by atoms with van der Waals surface area (Å²) in [5, 5.41) is 22.9. The summed E-state index contributed by atoms with van der Waals surface area (Å²) in [6, 6.07) is 7.89. The van der Waals surface area contributed by atoms with E-state index >= 15 is 0 Å². The van der Waals surface area contributed by atoms with Crippen molar-refractivity contribution in [1.29, 1.82) is 0 Å². The number of hydrogen-bond acceptors (Lipinski definition) is 4. The van der Waals surface area contributed by atoms with E-state index in [2.05, 4.69) is 15.5 Å². The first-order chi connectivity index (χ1) is 9.62. The van der Waals surface area contributed by atoms with Gasteiger partial charge in [0.2, 0.25) is 0 Å². The lowest BCUT2D eigenvalue weighted by molar-refractivity contribution is -0.153. The molecule has 1 aromatic heterocycles. The number of anilines is 1. The van der Waals surface area contributed by atoms with E-state index in [1.54, 1.807) is 0 Å². The van der Waals surface area contributed by atoms with Crippen LogP contribution >= 0.6 is 0 Å². The Labute approximate surface area is 117 Å². The molecule has 0 radical (unpaired) electrons. The maximum absolute atomic E-state index is 11.4. The summed E-state index contributed by atoms with van der Waals surface area (Å²) < 4.78 is 0. The molecule has 0 bridgehead atoms. The van der Waals surface area contributed by atoms with Crippen LogP contribution in [0.3, 0.4) is 0 Å². The first kappa shape index (κ1) is 12.8. The van der Waals surface area contributed by atoms with Crippen molar-refractivity contribution in [3.63, 3.8) is 0 Å². The SMILES string of the molecule is Cc1nnc(NCC2(C(=O)O)CCC2)c2ccccc12. The Balaban J connectivity index is 1.88. The fraction of sp³-hybridized carbons (Fsp3) is 0.400. The van der Waals surface area contributed by atoms with Crippen molar-refractivity contribution >= 4 is 22.6 Å². The summed E-state index contributed by atoms with van der Waals surface area (Å²) in [4.78, 5) is 11.4. The Hall–Kier alpha value is -2.17. The maximum Gasteiger partial charge on any atom is 0.311 e. The quantitative estimate of drug-likeness (QED) is 0.894. The highest BCUT2D eigenvalue weighted by Crippen LogP contribution is 2.41. The number of fused-ring (bicyclic) bond motifs is 1. The van der Waals surface area contributed by atoms with E-state index in [0.717, 1.165) is 35.7 Å². The molecule has 2 aromatic rings. The lowest BCUT2D eigenvalue weighted by Crippen LogP contribution is -2.43. The molecule has 1 saturated carbocycles. The fourth-order valence-corrected chi connectivity index (χ4v) is 2.69. The van der Waals surface area contributed by atoms with Crippen LogP contribution in [0.1, 0.15) is 25.0 Å². The van der Waals surface area contributed by atoms with Gasteiger partial charge in [-0.1, -0.05) is 30.7 Å². The molecule has 0 aliphatic heterocycles. The highest BCUT2D eigenvalue weighted by Gasteiger charge is 2.44. The Morgan fingerprint density at radius 1 is 1.30 bits per heavy atom. The monoisotopic (exact) mass is 271 g/mol. The minimum absolute atomic E-state index is 0.407. The summed E-state index contributed by atoms with van der Waals surface area (Å²) in [5.74, 6) is -0.0562. The second-order valence-electron chi connectivity index (χ2n) is 5.47. The first-order valence-corrected chi connectivity index (χ1v) is 6.82. The molecule has 1 fully saturated rings. The number of nitrogens with one attached hydrogen (secondary N) is 1. The van der Waals surface area contributed by atoms with Gasteiger partial charge < -0.3 is 10.4 Å². The molecule has 5 nitrogen and oxygen atoms in total. The van der Waals surface area contributed by atoms with Crippen LogP contribution in [0.15, 0.2) is 24.3 Å². The standard InChI is InChI=1S/C15H17N3O2/c1-10-11-5-2-3-6-12(11)13(18-17-10)16-9-15(14(19)20)7-4-8-15/h2-3,5-6H,4,7-9H2,1H3,(H,16,18)(H,19,20). The highest BCUT2D eigenvalue weighted by molar-refractivity contribution is 5.93. The lowest BCUT2D eigenvalue weighted by Gasteiger charge is -2.37. The summed E-state index contributed by atoms with van der Waals surface area (Å²) >= 11 is 0. The zero-order chi connectivity index (χ0) is 14.2. The van der Waals surface area contributed by atoms with Gasteiger partial charge in [-0.15, -0.1) is 5.10 Å². The Morgan fingerprint density at radius 3 is 2.60 bits per heavy atom. The molecule has 104 valence electrons. The fourth-order valence-electron chi connectivity index (χ4n) is 2.69. The largest absolute Gasteiger partial charge is 0.481 e. The van der Waals surface area contributed by atoms with Gasteiger partial charge in [-0.2, -0.15) is 5.10 Å². The lowest BCUT2D eigenvalue weighted by atomic mass is 9.69. The van der Waals surface area contributed by atoms with Crippen molar-refractivity contribution in [2.45, 2.75) is 26.2 Å². The van der Waals surface area contributed by atoms with Gasteiger partial charge in [0.15, 0.2) is 5.82 Å². The third-order valence-electron chi connectivity index (χ3n) is 4.23. The van der Waals surface area contributed by atoms with E-state index in [1.165, 1.54) is 0 Å². The summed E-state index contributed by atoms with van der Waals surface area (Å²) in [7, 11) is 0. The molecule has 1 aromatic carbocycles. The molecule has 3 rings (SSSR count). The minimum atomic E-state index is -0.722. The van der Waals surface area contributed by atoms with E-state index < -0.39 is 11.4 Å². The van der Waals surface area contributed by atoms with Gasteiger partial charge in [0, 0.05) is 17.3 Å². The minimum Gasteiger partial charge on any atom is -0.481 e. The molecular formula is C15H17N3O2. The number of carboxylic acid groups (broad SMARTS) is 1. The smallest absolute Gasteiger partial charge is 0.311 e. The molecule has 1 aliphatic rings. The van der Waals surface area contributed by atoms with Crippen LogP contribution in [0.2, 0.25) is 0 Å². The van der Waals surface area contributed by atoms with Crippen molar-refractivity contribution in [2.24, 2.45) is 5.41 Å². The Bertz CT molecular complexity index is 665. The molecule has 1 heterocycles. The number of rotatable bonds is 4. The average Bonchev–Trinajstić information content (AvgIpc) is 2.40. The number of carboxylic acids is 1. The van der Waals surface area contributed by atoms with E-state index in [1.807, 2.05) is 31.2 Å². The number of aryl methyl sites for hydroxylation is 1. The van der Waals surface area contributed by atoms with Crippen molar-refractivity contribution in [3.05, 3.63) is 30.0 Å². The molecule has 2 N–H and O–H groups in total. The third-order valence-corrected chi connectivity index (χ3v) is 4.23. The summed E-state index contributed by atoms with van der Waals surface area (Å²) in [6.07, 6.45) is 2.44. The molecule has 0 amide bonds. The van der Waals surface area contributed by atoms with Crippen LogP contribution in [0, 0.1) is 12.3 Å². The van der Waals surface area contributed by atoms with E-state index in [9.17, 15) is 9.90 Å². The van der Waals surface area contributed by atoms with E-state index in [4.69, 9.17) is 0 Å². The van der Waals surface area contributed by atoms with Crippen molar-refractivity contribution in [1.82, 2.24) is 10.2 Å². The average molecular weight is 271 g/mol. The number of benzene rings is 1. The molecule has 20 heavy (non-hydrogen) atoms. The van der Waals surface area contributed by atoms with Crippen LogP contribution in [0.25, 0.3) is 10.8 Å². The van der Waals surface area contributed by atoms with Gasteiger partial charge >= 0.3 is 5.97 Å². The van der Waals surface area contributed by atoms with E-state index in [0.29, 0.717) is 12.4 Å². The van der Waals surface area contributed by atoms with Crippen molar-refractivity contribution in [3.8, 4) is 0 Å². The zero-order valence-corrected chi connectivity index (χ0v) is 11.4. The molecule has 1 aliphatic carbocycles. The van der Waals surface area contributed by atoms with Crippen LogP contribution < -0.4 is 5.32 Å². The van der Waals surface area contributed by atoms with Crippen molar-refractivity contribution in [2.75, 3.05) is 11.9 Å². The molecule has 0 atom stereocenters. The van der Waals surface area contributed by atoms with Gasteiger partial charge in [0.05, 0.1) is 11.1 Å². The number of hydrogen-bond donors (Lipinski definition) is 2. The topological polar surface area (TPSA) is 75.1 Å². The number of aromatic nitrogens is 2. The first-order valence-electron chi connectivity index (χ1n) is 6.82. The van der Waals surface area contributed by atoms with E-state index in [-0.39, 0.29) is 0 Å². The predicted octanol–water partition coefficient (Wildman–Crippen LogP) is 2.61. The molecule has 0 spiro atoms. The predicted molar refractivity (Wildman–Crippen MR) is 76.7 cm³/mol. The van der Waals surface area contributed by atoms with Crippen LogP contribution in [0.4, 0.5) is 5.82 Å². The number of carbonyl (C=O) groups is 1. The van der Waals surface area contributed by atoms with Gasteiger partial charge in [0.25, 0.3) is 0 Å². The van der Waals surface area contributed by atoms with Crippen LogP contribution in [0.5, 0.6) is 0 Å². The maximum atomic E-state index is 11.4. The van der Waals surface area contributed by atoms with Crippen LogP contribution in [-0.4, -0.2) is 27.8 Å². The molecule has 0 saturated heterocycles. The molecular weight excluding hydrogens is 254 g/mol. The summed E-state index contributed by atoms with van der Waals surface area (Å²) in [6.45, 7) is 2.33. The Kier molecular flexibility index (Phi) is 3.04. The number of aliphatic carboxylic acids is 1. The molecule has 5 heteroatoms. The van der Waals surface area contributed by atoms with Crippen molar-refractivity contribution < 1.29 is 9.90 Å². The van der Waals surface area contributed by atoms with Crippen LogP contribution in [-0.2, 0) is 4.79 Å². The second kappa shape index (κ2) is 4.74. The van der Waals surface area contributed by atoms with Gasteiger partial charge in [-0.05, 0) is 19.8 Å². The van der Waals surface area contributed by atoms with Gasteiger partial charge in [-0.25, -0.2) is 0 Å². The Morgan fingerprint density at radius 2 is 2.00 bits per heavy atom. The molecule has 0 unspecified atom stereocenters.